The molecule has 0 fully saturated rings. The van der Waals surface area contributed by atoms with Gasteiger partial charge in [0.05, 0.1) is 0 Å². The predicted octanol–water partition coefficient (Wildman–Crippen LogP) is 1.82. The van der Waals surface area contributed by atoms with Crippen molar-refractivity contribution in [1.29, 1.82) is 0 Å². The lowest BCUT2D eigenvalue weighted by Crippen LogP contribution is -2.27. The van der Waals surface area contributed by atoms with E-state index in [2.05, 4.69) is 0 Å². The minimum Gasteiger partial charge on any atom is -0.479 e. The lowest BCUT2D eigenvalue weighted by atomic mass is 10.1. The molecule has 0 aromatic heterocycles. The van der Waals surface area contributed by atoms with Crippen molar-refractivity contribution in [3.63, 3.8) is 0 Å². The minimum atomic E-state index is -0.922. The van der Waals surface area contributed by atoms with Crippen LogP contribution in [0.5, 0.6) is 5.75 Å². The van der Waals surface area contributed by atoms with Crippen molar-refractivity contribution in [2.45, 2.75) is 32.3 Å². The molecule has 17 heavy (non-hydrogen) atoms. The Balaban J connectivity index is 2.80. The van der Waals surface area contributed by atoms with Crippen LogP contribution >= 0.6 is 0 Å². The molecule has 4 nitrogen and oxygen atoms in total. The SMILES string of the molecule is CCCC(Oc1ccccc1CCN)C(=O)O. The summed E-state index contributed by atoms with van der Waals surface area (Å²) in [6.07, 6.45) is 1.19. The first-order valence-electron chi connectivity index (χ1n) is 5.86. The van der Waals surface area contributed by atoms with Gasteiger partial charge >= 0.3 is 5.97 Å². The fourth-order valence-corrected chi connectivity index (χ4v) is 1.63. The quantitative estimate of drug-likeness (QED) is 0.758. The van der Waals surface area contributed by atoms with Crippen LogP contribution in [0, 0.1) is 0 Å². The second-order valence-corrected chi connectivity index (χ2v) is 3.88. The van der Waals surface area contributed by atoms with Gasteiger partial charge in [0, 0.05) is 0 Å². The number of ether oxygens (including phenoxy) is 1. The predicted molar refractivity (Wildman–Crippen MR) is 66.2 cm³/mol. The van der Waals surface area contributed by atoms with Crippen molar-refractivity contribution in [1.82, 2.24) is 0 Å². The molecule has 1 aromatic carbocycles. The van der Waals surface area contributed by atoms with Crippen LogP contribution in [0.2, 0.25) is 0 Å². The van der Waals surface area contributed by atoms with Crippen molar-refractivity contribution in [3.05, 3.63) is 29.8 Å². The Morgan fingerprint density at radius 1 is 1.47 bits per heavy atom. The van der Waals surface area contributed by atoms with Crippen LogP contribution in [0.25, 0.3) is 0 Å². The molecule has 0 aliphatic heterocycles. The van der Waals surface area contributed by atoms with Crippen LogP contribution in [-0.4, -0.2) is 23.7 Å². The highest BCUT2D eigenvalue weighted by atomic mass is 16.5. The van der Waals surface area contributed by atoms with Crippen LogP contribution in [-0.2, 0) is 11.2 Å². The summed E-state index contributed by atoms with van der Waals surface area (Å²) in [5.74, 6) is -0.298. The van der Waals surface area contributed by atoms with Gasteiger partial charge in [0.25, 0.3) is 0 Å². The van der Waals surface area contributed by atoms with Crippen molar-refractivity contribution in [3.8, 4) is 5.75 Å². The molecule has 0 heterocycles. The van der Waals surface area contributed by atoms with E-state index in [0.717, 1.165) is 12.0 Å². The first-order valence-corrected chi connectivity index (χ1v) is 5.86. The third kappa shape index (κ3) is 4.07. The minimum absolute atomic E-state index is 0.506. The molecule has 1 rings (SSSR count). The average Bonchev–Trinajstić information content (AvgIpc) is 2.31. The van der Waals surface area contributed by atoms with Gasteiger partial charge in [0.2, 0.25) is 0 Å². The Kier molecular flexibility index (Phi) is 5.49. The van der Waals surface area contributed by atoms with E-state index in [-0.39, 0.29) is 0 Å². The number of aliphatic carboxylic acids is 1. The third-order valence-corrected chi connectivity index (χ3v) is 2.48. The standard InChI is InChI=1S/C13H19NO3/c1-2-5-12(13(15)16)17-11-7-4-3-6-10(11)8-9-14/h3-4,6-7,12H,2,5,8-9,14H2,1H3,(H,15,16). The molecule has 0 aliphatic carbocycles. The van der Waals surface area contributed by atoms with Crippen molar-refractivity contribution in [2.75, 3.05) is 6.54 Å². The zero-order chi connectivity index (χ0) is 12.7. The summed E-state index contributed by atoms with van der Waals surface area (Å²) in [6.45, 7) is 2.46. The van der Waals surface area contributed by atoms with Crippen LogP contribution in [0.15, 0.2) is 24.3 Å². The molecule has 0 radical (unpaired) electrons. The summed E-state index contributed by atoms with van der Waals surface area (Å²) in [4.78, 5) is 11.0. The number of carboxylic acid groups (broad SMARTS) is 1. The number of hydrogen-bond acceptors (Lipinski definition) is 3. The van der Waals surface area contributed by atoms with E-state index in [0.29, 0.717) is 25.1 Å². The lowest BCUT2D eigenvalue weighted by Gasteiger charge is -2.16. The molecule has 1 atom stereocenters. The van der Waals surface area contributed by atoms with Gasteiger partial charge in [-0.15, -0.1) is 0 Å². The highest BCUT2D eigenvalue weighted by molar-refractivity contribution is 5.72. The van der Waals surface area contributed by atoms with Crippen molar-refractivity contribution in [2.24, 2.45) is 5.73 Å². The van der Waals surface area contributed by atoms with Crippen LogP contribution in [0.4, 0.5) is 0 Å². The molecule has 0 saturated heterocycles. The monoisotopic (exact) mass is 237 g/mol. The number of rotatable bonds is 7. The summed E-state index contributed by atoms with van der Waals surface area (Å²) in [6, 6.07) is 7.43. The molecule has 4 heteroatoms. The molecule has 0 saturated carbocycles. The number of carboxylic acids is 1. The Hall–Kier alpha value is -1.55. The van der Waals surface area contributed by atoms with Gasteiger partial charge in [0.15, 0.2) is 6.10 Å². The molecule has 0 spiro atoms. The highest BCUT2D eigenvalue weighted by Gasteiger charge is 2.19. The normalized spacial score (nSPS) is 12.1. The van der Waals surface area contributed by atoms with Gasteiger partial charge < -0.3 is 15.6 Å². The fourth-order valence-electron chi connectivity index (χ4n) is 1.63. The van der Waals surface area contributed by atoms with Crippen LogP contribution in [0.1, 0.15) is 25.3 Å². The third-order valence-electron chi connectivity index (χ3n) is 2.48. The van der Waals surface area contributed by atoms with Gasteiger partial charge in [0.1, 0.15) is 5.75 Å². The Morgan fingerprint density at radius 2 is 2.18 bits per heavy atom. The molecule has 94 valence electrons. The van der Waals surface area contributed by atoms with Gasteiger partial charge in [-0.1, -0.05) is 31.5 Å². The van der Waals surface area contributed by atoms with Gasteiger partial charge in [-0.2, -0.15) is 0 Å². The van der Waals surface area contributed by atoms with Gasteiger partial charge in [-0.3, -0.25) is 0 Å². The first-order chi connectivity index (χ1) is 8.19. The first kappa shape index (κ1) is 13.5. The van der Waals surface area contributed by atoms with E-state index in [1.807, 2.05) is 25.1 Å². The smallest absolute Gasteiger partial charge is 0.344 e. The summed E-state index contributed by atoms with van der Waals surface area (Å²) < 4.78 is 5.54. The lowest BCUT2D eigenvalue weighted by molar-refractivity contribution is -0.145. The number of benzene rings is 1. The molecule has 3 N–H and O–H groups in total. The summed E-state index contributed by atoms with van der Waals surface area (Å²) in [5.41, 5.74) is 6.46. The maximum absolute atomic E-state index is 11.0. The Labute approximate surface area is 101 Å². The van der Waals surface area contributed by atoms with E-state index in [4.69, 9.17) is 15.6 Å². The molecular weight excluding hydrogens is 218 g/mol. The van der Waals surface area contributed by atoms with E-state index in [1.54, 1.807) is 6.07 Å². The fraction of sp³-hybridized carbons (Fsp3) is 0.462. The zero-order valence-corrected chi connectivity index (χ0v) is 10.1. The van der Waals surface area contributed by atoms with E-state index in [1.165, 1.54) is 0 Å². The van der Waals surface area contributed by atoms with Crippen molar-refractivity contribution < 1.29 is 14.6 Å². The second-order valence-electron chi connectivity index (χ2n) is 3.88. The van der Waals surface area contributed by atoms with Gasteiger partial charge in [-0.25, -0.2) is 4.79 Å². The number of para-hydroxylation sites is 1. The zero-order valence-electron chi connectivity index (χ0n) is 10.1. The average molecular weight is 237 g/mol. The van der Waals surface area contributed by atoms with E-state index >= 15 is 0 Å². The molecule has 0 bridgehead atoms. The molecular formula is C13H19NO3. The highest BCUT2D eigenvalue weighted by Crippen LogP contribution is 2.20. The maximum Gasteiger partial charge on any atom is 0.344 e. The van der Waals surface area contributed by atoms with Crippen molar-refractivity contribution >= 4 is 5.97 Å². The molecule has 1 aromatic rings. The largest absolute Gasteiger partial charge is 0.479 e. The van der Waals surface area contributed by atoms with E-state index in [9.17, 15) is 4.79 Å². The molecule has 0 aliphatic rings. The second kappa shape index (κ2) is 6.91. The Morgan fingerprint density at radius 3 is 2.76 bits per heavy atom. The summed E-state index contributed by atoms with van der Waals surface area (Å²) in [5, 5.41) is 9.04. The summed E-state index contributed by atoms with van der Waals surface area (Å²) in [7, 11) is 0. The van der Waals surface area contributed by atoms with Crippen LogP contribution < -0.4 is 10.5 Å². The number of carbonyl (C=O) groups is 1. The number of nitrogens with two attached hydrogens (primary N) is 1. The maximum atomic E-state index is 11.0. The summed E-state index contributed by atoms with van der Waals surface area (Å²) >= 11 is 0. The topological polar surface area (TPSA) is 72.5 Å². The molecule has 0 amide bonds. The van der Waals surface area contributed by atoms with Gasteiger partial charge in [-0.05, 0) is 31.0 Å². The Bertz CT molecular complexity index is 365. The van der Waals surface area contributed by atoms with E-state index < -0.39 is 12.1 Å². The van der Waals surface area contributed by atoms with Crippen LogP contribution in [0.3, 0.4) is 0 Å². The molecule has 1 unspecified atom stereocenters. The number of hydrogen-bond donors (Lipinski definition) is 2.